The summed E-state index contributed by atoms with van der Waals surface area (Å²) >= 11 is 0. The second-order valence-electron chi connectivity index (χ2n) is 19.7. The summed E-state index contributed by atoms with van der Waals surface area (Å²) in [5.41, 5.74) is 19.2. The van der Waals surface area contributed by atoms with Crippen molar-refractivity contribution in [2.45, 2.75) is 108 Å². The molecule has 0 aliphatic heterocycles. The highest BCUT2D eigenvalue weighted by molar-refractivity contribution is 5.89. The Morgan fingerprint density at radius 3 is 1.65 bits per heavy atom. The van der Waals surface area contributed by atoms with E-state index in [1.165, 1.54) is 107 Å². The number of rotatable bonds is 3. The molecule has 1 nitrogen and oxygen atoms in total. The number of fused-ring (bicyclic) bond motifs is 7. The van der Waals surface area contributed by atoms with Gasteiger partial charge in [-0.3, -0.25) is 0 Å². The highest BCUT2D eigenvalue weighted by Crippen LogP contribution is 2.70. The number of benzene rings is 5. The summed E-state index contributed by atoms with van der Waals surface area (Å²) in [6, 6.07) is 41.0. The monoisotopic (exact) mass is 679 g/mol. The average molecular weight is 680 g/mol. The smallest absolute Gasteiger partial charge is 0.0502 e. The lowest BCUT2D eigenvalue weighted by Crippen LogP contribution is -2.55. The Bertz CT molecular complexity index is 2290. The van der Waals surface area contributed by atoms with Crippen LogP contribution in [0, 0.1) is 23.7 Å². The Kier molecular flexibility index (Phi) is 6.23. The van der Waals surface area contributed by atoms with Gasteiger partial charge in [-0.05, 0) is 165 Å². The minimum Gasteiger partial charge on any atom is -0.310 e. The van der Waals surface area contributed by atoms with E-state index in [0.29, 0.717) is 0 Å². The molecule has 1 spiro atoms. The van der Waals surface area contributed by atoms with Crippen LogP contribution in [0.5, 0.6) is 0 Å². The van der Waals surface area contributed by atoms with Crippen molar-refractivity contribution in [3.8, 4) is 22.3 Å². The van der Waals surface area contributed by atoms with Gasteiger partial charge in [-0.1, -0.05) is 114 Å². The predicted octanol–water partition coefficient (Wildman–Crippen LogP) is 13.5. The second-order valence-corrected chi connectivity index (χ2v) is 19.7. The van der Waals surface area contributed by atoms with E-state index < -0.39 is 0 Å². The fourth-order valence-corrected chi connectivity index (χ4v) is 13.4. The first-order valence-electron chi connectivity index (χ1n) is 20.4. The van der Waals surface area contributed by atoms with Crippen LogP contribution in [0.3, 0.4) is 0 Å². The summed E-state index contributed by atoms with van der Waals surface area (Å²) < 4.78 is 0. The summed E-state index contributed by atoms with van der Waals surface area (Å²) in [6.07, 6.45) is 9.52. The molecule has 12 rings (SSSR count). The van der Waals surface area contributed by atoms with Crippen LogP contribution in [-0.4, -0.2) is 0 Å². The van der Waals surface area contributed by atoms with E-state index >= 15 is 0 Å². The van der Waals surface area contributed by atoms with Crippen molar-refractivity contribution in [1.82, 2.24) is 0 Å². The topological polar surface area (TPSA) is 3.24 Å². The minimum atomic E-state index is -0.0605. The molecule has 0 heterocycles. The second kappa shape index (κ2) is 10.3. The maximum absolute atomic E-state index is 2.70. The molecule has 0 saturated heterocycles. The van der Waals surface area contributed by atoms with Gasteiger partial charge in [-0.25, -0.2) is 0 Å². The molecule has 52 heavy (non-hydrogen) atoms. The predicted molar refractivity (Wildman–Crippen MR) is 217 cm³/mol. The first-order chi connectivity index (χ1) is 25.0. The Balaban J connectivity index is 1.17. The van der Waals surface area contributed by atoms with Gasteiger partial charge in [0.15, 0.2) is 0 Å². The van der Waals surface area contributed by atoms with Crippen LogP contribution in [0.2, 0.25) is 0 Å². The third kappa shape index (κ3) is 3.96. The van der Waals surface area contributed by atoms with E-state index in [0.717, 1.165) is 23.7 Å². The zero-order chi connectivity index (χ0) is 35.4. The van der Waals surface area contributed by atoms with Gasteiger partial charge in [0.2, 0.25) is 0 Å². The fraction of sp³-hybridized carbons (Fsp3) is 0.412. The Hall–Kier alpha value is -4.10. The van der Waals surface area contributed by atoms with Crippen molar-refractivity contribution >= 4 is 17.1 Å². The summed E-state index contributed by atoms with van der Waals surface area (Å²) in [7, 11) is 0. The molecule has 1 heteroatoms. The largest absolute Gasteiger partial charge is 0.310 e. The molecular formula is C51H53N. The van der Waals surface area contributed by atoms with Gasteiger partial charge in [0, 0.05) is 22.2 Å². The number of hydrogen-bond donors (Lipinski definition) is 0. The van der Waals surface area contributed by atoms with Gasteiger partial charge in [0.1, 0.15) is 0 Å². The molecule has 4 bridgehead atoms. The van der Waals surface area contributed by atoms with E-state index in [2.05, 4.69) is 150 Å². The molecule has 7 aliphatic rings. The van der Waals surface area contributed by atoms with Crippen LogP contribution in [-0.2, 0) is 21.7 Å². The zero-order valence-corrected chi connectivity index (χ0v) is 32.0. The molecule has 0 atom stereocenters. The van der Waals surface area contributed by atoms with Crippen LogP contribution in [0.25, 0.3) is 22.3 Å². The third-order valence-corrected chi connectivity index (χ3v) is 15.7. The van der Waals surface area contributed by atoms with Crippen molar-refractivity contribution in [2.24, 2.45) is 23.7 Å². The van der Waals surface area contributed by atoms with Crippen LogP contribution in [0.15, 0.2) is 103 Å². The molecule has 5 aromatic carbocycles. The van der Waals surface area contributed by atoms with Crippen molar-refractivity contribution in [3.05, 3.63) is 137 Å². The minimum absolute atomic E-state index is 0.0605. The molecule has 0 unspecified atom stereocenters. The molecule has 0 radical (unpaired) electrons. The summed E-state index contributed by atoms with van der Waals surface area (Å²) in [5, 5.41) is 0. The van der Waals surface area contributed by atoms with Crippen LogP contribution in [0.1, 0.15) is 120 Å². The molecule has 0 aromatic heterocycles. The molecule has 0 N–H and O–H groups in total. The molecule has 0 amide bonds. The lowest BCUT2D eigenvalue weighted by Gasteiger charge is -2.61. The summed E-state index contributed by atoms with van der Waals surface area (Å²) in [6.45, 7) is 14.8. The van der Waals surface area contributed by atoms with Crippen molar-refractivity contribution in [3.63, 3.8) is 0 Å². The fourth-order valence-electron chi connectivity index (χ4n) is 13.4. The normalized spacial score (nSPS) is 28.6. The lowest BCUT2D eigenvalue weighted by molar-refractivity contribution is -0.0399. The summed E-state index contributed by atoms with van der Waals surface area (Å²) in [5.74, 6) is 3.37. The molecule has 5 aromatic rings. The zero-order valence-electron chi connectivity index (χ0n) is 32.0. The Morgan fingerprint density at radius 2 is 0.981 bits per heavy atom. The standard InChI is InChI=1S/C51H53N/c1-48(2)22-23-49(3,4)47-43(48)16-11-17-46(47)52(35-18-20-39-37-12-7-9-14-41(37)50(5,6)44(39)29-35)36-19-21-40-38-13-8-10-15-42(38)51(45(40)30-36)33-25-31-24-32(27-33)28-34(51)26-31/h7-21,29-34H,22-28H2,1-6H3. The van der Waals surface area contributed by atoms with Gasteiger partial charge in [-0.2, -0.15) is 0 Å². The van der Waals surface area contributed by atoms with Crippen molar-refractivity contribution in [1.29, 1.82) is 0 Å². The van der Waals surface area contributed by atoms with Crippen molar-refractivity contribution in [2.75, 3.05) is 4.90 Å². The third-order valence-electron chi connectivity index (χ3n) is 15.7. The Labute approximate surface area is 311 Å². The van der Waals surface area contributed by atoms with E-state index in [4.69, 9.17) is 0 Å². The quantitative estimate of drug-likeness (QED) is 0.183. The molecule has 4 fully saturated rings. The lowest BCUT2D eigenvalue weighted by atomic mass is 9.43. The molecule has 262 valence electrons. The highest BCUT2D eigenvalue weighted by atomic mass is 15.1. The molecular weight excluding hydrogens is 627 g/mol. The van der Waals surface area contributed by atoms with Gasteiger partial charge in [0.05, 0.1) is 5.69 Å². The first kappa shape index (κ1) is 31.4. The van der Waals surface area contributed by atoms with Crippen LogP contribution in [0.4, 0.5) is 17.1 Å². The Morgan fingerprint density at radius 1 is 0.462 bits per heavy atom. The van der Waals surface area contributed by atoms with Gasteiger partial charge in [-0.15, -0.1) is 0 Å². The van der Waals surface area contributed by atoms with Gasteiger partial charge < -0.3 is 4.90 Å². The van der Waals surface area contributed by atoms with E-state index in [9.17, 15) is 0 Å². The SMILES string of the molecule is CC1(C)CCC(C)(C)c2c(N(c3ccc4c(c3)C(C)(C)c3ccccc3-4)c3ccc4c(c3)C3(c5ccccc5-4)C4CC5CC(C4)CC3C5)cccc21. The maximum atomic E-state index is 2.70. The van der Waals surface area contributed by atoms with E-state index in [-0.39, 0.29) is 21.7 Å². The molecule has 7 aliphatic carbocycles. The average Bonchev–Trinajstić information content (AvgIpc) is 3.55. The maximum Gasteiger partial charge on any atom is 0.0502 e. The molecule has 4 saturated carbocycles. The van der Waals surface area contributed by atoms with Crippen molar-refractivity contribution < 1.29 is 0 Å². The number of hydrogen-bond acceptors (Lipinski definition) is 1. The number of nitrogens with zero attached hydrogens (tertiary/aromatic N) is 1. The van der Waals surface area contributed by atoms with E-state index in [1.807, 2.05) is 0 Å². The van der Waals surface area contributed by atoms with Crippen LogP contribution < -0.4 is 4.90 Å². The number of anilines is 3. The highest BCUT2D eigenvalue weighted by Gasteiger charge is 2.61. The summed E-state index contributed by atoms with van der Waals surface area (Å²) in [4.78, 5) is 2.69. The van der Waals surface area contributed by atoms with E-state index in [1.54, 1.807) is 11.1 Å². The van der Waals surface area contributed by atoms with Gasteiger partial charge in [0.25, 0.3) is 0 Å². The first-order valence-corrected chi connectivity index (χ1v) is 20.4. The van der Waals surface area contributed by atoms with Crippen LogP contribution >= 0.6 is 0 Å². The van der Waals surface area contributed by atoms with Gasteiger partial charge >= 0.3 is 0 Å².